The minimum atomic E-state index is 0.854. The van der Waals surface area contributed by atoms with Gasteiger partial charge in [0.05, 0.1) is 0 Å². The van der Waals surface area contributed by atoms with Crippen LogP contribution in [-0.2, 0) is 0 Å². The summed E-state index contributed by atoms with van der Waals surface area (Å²) in [6, 6.07) is 0. The van der Waals surface area contributed by atoms with Crippen LogP contribution >= 0.6 is 0 Å². The van der Waals surface area contributed by atoms with Crippen LogP contribution in [0.2, 0.25) is 0 Å². The highest BCUT2D eigenvalue weighted by Crippen LogP contribution is 2.13. The highest BCUT2D eigenvalue weighted by atomic mass is 14.8. The van der Waals surface area contributed by atoms with Crippen molar-refractivity contribution in [1.29, 1.82) is 0 Å². The van der Waals surface area contributed by atoms with Crippen molar-refractivity contribution >= 4 is 0 Å². The third kappa shape index (κ3) is 6.09. The van der Waals surface area contributed by atoms with Crippen molar-refractivity contribution in [2.24, 2.45) is 11.8 Å². The second kappa shape index (κ2) is 5.72. The van der Waals surface area contributed by atoms with Gasteiger partial charge in [-0.2, -0.15) is 0 Å². The molecule has 0 bridgehead atoms. The Balaban J connectivity index is 3.16. The van der Waals surface area contributed by atoms with E-state index in [1.54, 1.807) is 0 Å². The molecule has 1 heteroatoms. The first-order valence-electron chi connectivity index (χ1n) is 4.31. The zero-order chi connectivity index (χ0) is 7.98. The van der Waals surface area contributed by atoms with Gasteiger partial charge in [0, 0.05) is 0 Å². The van der Waals surface area contributed by atoms with E-state index >= 15 is 0 Å². The normalized spacial score (nSPS) is 14.1. The number of rotatable bonds is 5. The van der Waals surface area contributed by atoms with Crippen LogP contribution in [0.4, 0.5) is 0 Å². The van der Waals surface area contributed by atoms with Crippen LogP contribution in [0, 0.1) is 11.8 Å². The third-order valence-corrected chi connectivity index (χ3v) is 1.76. The van der Waals surface area contributed by atoms with Crippen LogP contribution in [0.15, 0.2) is 0 Å². The first-order chi connectivity index (χ1) is 4.66. The molecule has 0 aliphatic heterocycles. The third-order valence-electron chi connectivity index (χ3n) is 1.76. The van der Waals surface area contributed by atoms with Gasteiger partial charge < -0.3 is 5.32 Å². The summed E-state index contributed by atoms with van der Waals surface area (Å²) in [5.74, 6) is 1.74. The molecular formula is C9H21N. The summed E-state index contributed by atoms with van der Waals surface area (Å²) in [6.07, 6.45) is 2.68. The highest BCUT2D eigenvalue weighted by Gasteiger charge is 2.02. The number of hydrogen-bond acceptors (Lipinski definition) is 1. The highest BCUT2D eigenvalue weighted by molar-refractivity contribution is 4.56. The molecular weight excluding hydrogens is 122 g/mol. The van der Waals surface area contributed by atoms with Gasteiger partial charge in [-0.15, -0.1) is 0 Å². The SMILES string of the molecule is CNCCC(C)CC(C)C. The van der Waals surface area contributed by atoms with E-state index in [9.17, 15) is 0 Å². The molecule has 1 nitrogen and oxygen atoms in total. The molecule has 0 aliphatic rings. The van der Waals surface area contributed by atoms with Crippen LogP contribution in [0.1, 0.15) is 33.6 Å². The molecule has 0 aliphatic carbocycles. The predicted molar refractivity (Wildman–Crippen MR) is 47.2 cm³/mol. The fourth-order valence-corrected chi connectivity index (χ4v) is 1.31. The summed E-state index contributed by atoms with van der Waals surface area (Å²) < 4.78 is 0. The molecule has 1 atom stereocenters. The summed E-state index contributed by atoms with van der Waals surface area (Å²) in [5.41, 5.74) is 0. The van der Waals surface area contributed by atoms with E-state index in [1.165, 1.54) is 12.8 Å². The van der Waals surface area contributed by atoms with Crippen LogP contribution < -0.4 is 5.32 Å². The average Bonchev–Trinajstić information content (AvgIpc) is 1.82. The van der Waals surface area contributed by atoms with Crippen molar-refractivity contribution in [3.8, 4) is 0 Å². The molecule has 0 heterocycles. The van der Waals surface area contributed by atoms with Crippen molar-refractivity contribution in [3.05, 3.63) is 0 Å². The maximum absolute atomic E-state index is 3.17. The quantitative estimate of drug-likeness (QED) is 0.622. The fourth-order valence-electron chi connectivity index (χ4n) is 1.31. The molecule has 62 valence electrons. The standard InChI is InChI=1S/C9H21N/c1-8(2)7-9(3)5-6-10-4/h8-10H,5-7H2,1-4H3. The number of nitrogens with one attached hydrogen (secondary N) is 1. The van der Waals surface area contributed by atoms with Gasteiger partial charge in [0.25, 0.3) is 0 Å². The van der Waals surface area contributed by atoms with Crippen molar-refractivity contribution in [2.45, 2.75) is 33.6 Å². The van der Waals surface area contributed by atoms with Crippen LogP contribution in [0.25, 0.3) is 0 Å². The lowest BCUT2D eigenvalue weighted by Crippen LogP contribution is -2.12. The number of hydrogen-bond donors (Lipinski definition) is 1. The molecule has 0 aromatic carbocycles. The predicted octanol–water partition coefficient (Wildman–Crippen LogP) is 2.28. The van der Waals surface area contributed by atoms with Gasteiger partial charge in [-0.3, -0.25) is 0 Å². The monoisotopic (exact) mass is 143 g/mol. The van der Waals surface area contributed by atoms with Crippen molar-refractivity contribution in [3.63, 3.8) is 0 Å². The van der Waals surface area contributed by atoms with Crippen LogP contribution in [-0.4, -0.2) is 13.6 Å². The van der Waals surface area contributed by atoms with Crippen molar-refractivity contribution in [2.75, 3.05) is 13.6 Å². The summed E-state index contributed by atoms with van der Waals surface area (Å²) >= 11 is 0. The zero-order valence-corrected chi connectivity index (χ0v) is 7.78. The molecule has 1 unspecified atom stereocenters. The van der Waals surface area contributed by atoms with Crippen LogP contribution in [0.3, 0.4) is 0 Å². The molecule has 10 heavy (non-hydrogen) atoms. The first kappa shape index (κ1) is 9.96. The summed E-state index contributed by atoms with van der Waals surface area (Å²) in [6.45, 7) is 8.07. The molecule has 0 rings (SSSR count). The molecule has 0 saturated heterocycles. The lowest BCUT2D eigenvalue weighted by atomic mass is 9.96. The second-order valence-corrected chi connectivity index (χ2v) is 3.63. The minimum Gasteiger partial charge on any atom is -0.320 e. The van der Waals surface area contributed by atoms with Gasteiger partial charge in [-0.1, -0.05) is 20.8 Å². The topological polar surface area (TPSA) is 12.0 Å². The Morgan fingerprint density at radius 1 is 1.20 bits per heavy atom. The minimum absolute atomic E-state index is 0.854. The second-order valence-electron chi connectivity index (χ2n) is 3.63. The molecule has 0 saturated carbocycles. The van der Waals surface area contributed by atoms with Gasteiger partial charge in [0.1, 0.15) is 0 Å². The average molecular weight is 143 g/mol. The molecule has 1 N–H and O–H groups in total. The van der Waals surface area contributed by atoms with E-state index in [0.29, 0.717) is 0 Å². The van der Waals surface area contributed by atoms with E-state index in [0.717, 1.165) is 18.4 Å². The molecule has 0 aromatic rings. The summed E-state index contributed by atoms with van der Waals surface area (Å²) in [4.78, 5) is 0. The molecule has 0 fully saturated rings. The van der Waals surface area contributed by atoms with E-state index in [2.05, 4.69) is 26.1 Å². The largest absolute Gasteiger partial charge is 0.320 e. The summed E-state index contributed by atoms with van der Waals surface area (Å²) in [5, 5.41) is 3.17. The van der Waals surface area contributed by atoms with Crippen molar-refractivity contribution < 1.29 is 0 Å². The van der Waals surface area contributed by atoms with E-state index < -0.39 is 0 Å². The van der Waals surface area contributed by atoms with Gasteiger partial charge in [-0.05, 0) is 38.3 Å². The molecule has 0 spiro atoms. The van der Waals surface area contributed by atoms with Gasteiger partial charge in [-0.25, -0.2) is 0 Å². The Hall–Kier alpha value is -0.0400. The molecule has 0 amide bonds. The Labute approximate surface area is 65.2 Å². The Bertz CT molecular complexity index is 69.1. The Kier molecular flexibility index (Phi) is 5.70. The first-order valence-corrected chi connectivity index (χ1v) is 4.31. The molecule has 0 aromatic heterocycles. The van der Waals surface area contributed by atoms with E-state index in [4.69, 9.17) is 0 Å². The smallest absolute Gasteiger partial charge is 0.00494 e. The van der Waals surface area contributed by atoms with E-state index in [1.807, 2.05) is 7.05 Å². The van der Waals surface area contributed by atoms with Crippen LogP contribution in [0.5, 0.6) is 0 Å². The van der Waals surface area contributed by atoms with Gasteiger partial charge in [0.15, 0.2) is 0 Å². The van der Waals surface area contributed by atoms with E-state index in [-0.39, 0.29) is 0 Å². The molecule has 0 radical (unpaired) electrons. The Morgan fingerprint density at radius 3 is 2.20 bits per heavy atom. The van der Waals surface area contributed by atoms with Gasteiger partial charge in [0.2, 0.25) is 0 Å². The van der Waals surface area contributed by atoms with Crippen molar-refractivity contribution in [1.82, 2.24) is 5.32 Å². The zero-order valence-electron chi connectivity index (χ0n) is 7.78. The fraction of sp³-hybridized carbons (Fsp3) is 1.00. The summed E-state index contributed by atoms with van der Waals surface area (Å²) in [7, 11) is 2.02. The lowest BCUT2D eigenvalue weighted by molar-refractivity contribution is 0.411. The lowest BCUT2D eigenvalue weighted by Gasteiger charge is -2.12. The Morgan fingerprint density at radius 2 is 1.80 bits per heavy atom. The maximum Gasteiger partial charge on any atom is -0.00494 e. The van der Waals surface area contributed by atoms with Gasteiger partial charge >= 0.3 is 0 Å². The maximum atomic E-state index is 3.17.